The van der Waals surface area contributed by atoms with Crippen molar-refractivity contribution in [1.29, 1.82) is 0 Å². The lowest BCUT2D eigenvalue weighted by atomic mass is 10.0. The van der Waals surface area contributed by atoms with E-state index >= 15 is 0 Å². The van der Waals surface area contributed by atoms with Crippen LogP contribution in [0.3, 0.4) is 0 Å². The fourth-order valence-corrected chi connectivity index (χ4v) is 5.38. The van der Waals surface area contributed by atoms with E-state index in [1.807, 2.05) is 72.8 Å². The zero-order chi connectivity index (χ0) is 23.1. The van der Waals surface area contributed by atoms with E-state index in [-0.39, 0.29) is 12.1 Å². The minimum atomic E-state index is -0.0956. The second kappa shape index (κ2) is 8.70. The predicted molar refractivity (Wildman–Crippen MR) is 140 cm³/mol. The Morgan fingerprint density at radius 2 is 1.62 bits per heavy atom. The van der Waals surface area contributed by atoms with Crippen LogP contribution in [-0.2, 0) is 6.54 Å². The third kappa shape index (κ3) is 3.78. The predicted octanol–water partition coefficient (Wildman–Crippen LogP) is 5.43. The van der Waals surface area contributed by atoms with E-state index in [2.05, 4.69) is 32.2 Å². The van der Waals surface area contributed by atoms with Gasteiger partial charge < -0.3 is 4.57 Å². The van der Waals surface area contributed by atoms with Gasteiger partial charge in [-0.1, -0.05) is 88.4 Å². The van der Waals surface area contributed by atoms with Gasteiger partial charge in [-0.3, -0.25) is 4.79 Å². The first-order valence-electron chi connectivity index (χ1n) is 10.8. The van der Waals surface area contributed by atoms with Gasteiger partial charge in [-0.25, -0.2) is 0 Å². The molecule has 0 saturated heterocycles. The molecule has 3 aromatic carbocycles. The first kappa shape index (κ1) is 21.1. The molecule has 0 spiro atoms. The Morgan fingerprint density at radius 3 is 2.38 bits per heavy atom. The molecule has 0 radical (unpaired) electrons. The molecule has 1 aliphatic rings. The highest BCUT2D eigenvalue weighted by Gasteiger charge is 2.21. The highest BCUT2D eigenvalue weighted by molar-refractivity contribution is 9.10. The summed E-state index contributed by atoms with van der Waals surface area (Å²) in [5.74, 6) is 1.35. The van der Waals surface area contributed by atoms with Crippen LogP contribution in [0.1, 0.15) is 11.4 Å². The van der Waals surface area contributed by atoms with E-state index in [4.69, 9.17) is 5.10 Å². The second-order valence-corrected chi connectivity index (χ2v) is 9.78. The van der Waals surface area contributed by atoms with E-state index < -0.39 is 0 Å². The maximum atomic E-state index is 13.3. The summed E-state index contributed by atoms with van der Waals surface area (Å²) in [7, 11) is 0. The quantitative estimate of drug-likeness (QED) is 0.312. The van der Waals surface area contributed by atoms with Gasteiger partial charge in [-0.15, -0.1) is 10.2 Å². The number of halogens is 1. The Hall–Kier alpha value is -3.49. The van der Waals surface area contributed by atoms with Crippen LogP contribution < -0.4 is 5.56 Å². The molecule has 0 saturated carbocycles. The zero-order valence-electron chi connectivity index (χ0n) is 17.9. The molecule has 1 aliphatic heterocycles. The maximum absolute atomic E-state index is 13.3. The summed E-state index contributed by atoms with van der Waals surface area (Å²) in [6.45, 7) is 0.269. The largest absolute Gasteiger partial charge is 0.301 e. The maximum Gasteiger partial charge on any atom is 0.252 e. The summed E-state index contributed by atoms with van der Waals surface area (Å²) < 4.78 is 4.46. The number of thioether (sulfide) groups is 1. The van der Waals surface area contributed by atoms with Gasteiger partial charge in [-0.05, 0) is 34.9 Å². The molecule has 8 heteroatoms. The number of hydrogen-bond donors (Lipinski definition) is 0. The lowest BCUT2D eigenvalue weighted by Crippen LogP contribution is -2.23. The highest BCUT2D eigenvalue weighted by Crippen LogP contribution is 2.30. The van der Waals surface area contributed by atoms with Gasteiger partial charge in [0.05, 0.1) is 17.8 Å². The van der Waals surface area contributed by atoms with E-state index in [1.54, 1.807) is 27.1 Å². The molecule has 0 amide bonds. The summed E-state index contributed by atoms with van der Waals surface area (Å²) in [6.07, 6.45) is 0. The Morgan fingerprint density at radius 1 is 0.882 bits per heavy atom. The number of nitrogens with zero attached hydrogens (tertiary/aromatic N) is 5. The molecule has 6 rings (SSSR count). The van der Waals surface area contributed by atoms with Crippen LogP contribution in [-0.4, -0.2) is 30.9 Å². The number of fused-ring (bicyclic) bond motifs is 2. The Labute approximate surface area is 208 Å². The number of aromatic nitrogens is 4. The monoisotopic (exact) mass is 527 g/mol. The summed E-state index contributed by atoms with van der Waals surface area (Å²) in [4.78, 5) is 13.3. The topological polar surface area (TPSA) is 65.1 Å². The molecule has 0 unspecified atom stereocenters. The summed E-state index contributed by atoms with van der Waals surface area (Å²) in [5.41, 5.74) is 4.67. The first-order valence-corrected chi connectivity index (χ1v) is 12.5. The molecule has 3 heterocycles. The van der Waals surface area contributed by atoms with Crippen molar-refractivity contribution in [3.63, 3.8) is 0 Å². The molecule has 166 valence electrons. The molecule has 0 bridgehead atoms. The van der Waals surface area contributed by atoms with E-state index in [9.17, 15) is 4.79 Å². The number of benzene rings is 3. The Kier molecular flexibility index (Phi) is 5.39. The Balaban J connectivity index is 1.47. The van der Waals surface area contributed by atoms with Crippen LogP contribution in [0.4, 0.5) is 0 Å². The molecular weight excluding hydrogens is 510 g/mol. The van der Waals surface area contributed by atoms with Gasteiger partial charge in [-0.2, -0.15) is 9.78 Å². The van der Waals surface area contributed by atoms with Crippen LogP contribution in [0.15, 0.2) is 104 Å². The lowest BCUT2D eigenvalue weighted by molar-refractivity contribution is 0.660. The first-order chi connectivity index (χ1) is 16.7. The van der Waals surface area contributed by atoms with Crippen molar-refractivity contribution in [3.8, 4) is 11.1 Å². The third-order valence-electron chi connectivity index (χ3n) is 5.80. The van der Waals surface area contributed by atoms with Crippen molar-refractivity contribution in [1.82, 2.24) is 19.4 Å². The smallest absolute Gasteiger partial charge is 0.252 e. The molecular formula is C26H18BrN5OS. The Bertz CT molecular complexity index is 1610. The van der Waals surface area contributed by atoms with Crippen molar-refractivity contribution in [3.05, 3.63) is 111 Å². The van der Waals surface area contributed by atoms with E-state index in [0.717, 1.165) is 48.7 Å². The van der Waals surface area contributed by atoms with Crippen molar-refractivity contribution >= 4 is 44.3 Å². The highest BCUT2D eigenvalue weighted by atomic mass is 79.9. The number of rotatable bonds is 4. The van der Waals surface area contributed by atoms with E-state index in [0.29, 0.717) is 5.82 Å². The number of pyridine rings is 1. The van der Waals surface area contributed by atoms with Gasteiger partial charge in [0.2, 0.25) is 5.16 Å². The van der Waals surface area contributed by atoms with Gasteiger partial charge in [0.15, 0.2) is 5.82 Å². The van der Waals surface area contributed by atoms with Gasteiger partial charge >= 0.3 is 0 Å². The van der Waals surface area contributed by atoms with Crippen molar-refractivity contribution in [2.45, 2.75) is 11.7 Å². The summed E-state index contributed by atoms with van der Waals surface area (Å²) in [5, 5.41) is 15.2. The van der Waals surface area contributed by atoms with Gasteiger partial charge in [0.25, 0.3) is 5.56 Å². The average molecular weight is 528 g/mol. The minimum absolute atomic E-state index is 0.0956. The minimum Gasteiger partial charge on any atom is -0.301 e. The normalized spacial score (nSPS) is 13.0. The molecule has 6 nitrogen and oxygen atoms in total. The van der Waals surface area contributed by atoms with Crippen molar-refractivity contribution in [2.24, 2.45) is 5.10 Å². The third-order valence-corrected chi connectivity index (χ3v) is 7.22. The second-order valence-electron chi connectivity index (χ2n) is 7.92. The summed E-state index contributed by atoms with van der Waals surface area (Å²) >= 11 is 5.18. The lowest BCUT2D eigenvalue weighted by Gasteiger charge is -2.16. The molecule has 5 aromatic rings. The van der Waals surface area contributed by atoms with Crippen molar-refractivity contribution in [2.75, 3.05) is 5.75 Å². The summed E-state index contributed by atoms with van der Waals surface area (Å²) in [6, 6.07) is 27.7. The molecule has 0 atom stereocenters. The molecule has 0 N–H and O–H groups in total. The van der Waals surface area contributed by atoms with Crippen LogP contribution in [0.2, 0.25) is 0 Å². The fraction of sp³-hybridized carbons (Fsp3) is 0.0769. The van der Waals surface area contributed by atoms with Crippen LogP contribution in [0.5, 0.6) is 0 Å². The zero-order valence-corrected chi connectivity index (χ0v) is 20.3. The molecule has 34 heavy (non-hydrogen) atoms. The van der Waals surface area contributed by atoms with Crippen molar-refractivity contribution < 1.29 is 0 Å². The fourth-order valence-electron chi connectivity index (χ4n) is 4.16. The van der Waals surface area contributed by atoms with Gasteiger partial charge in [0, 0.05) is 21.7 Å². The molecule has 0 aliphatic carbocycles. The van der Waals surface area contributed by atoms with Crippen LogP contribution >= 0.6 is 27.7 Å². The van der Waals surface area contributed by atoms with Gasteiger partial charge in [0.1, 0.15) is 0 Å². The molecule has 0 fully saturated rings. The van der Waals surface area contributed by atoms with E-state index in [1.165, 1.54) is 0 Å². The standard InChI is InChI=1S/C26H18BrN5OS/c27-19-11-12-23-21(13-19)20(17-7-3-1-4-8-17)14-25(33)31(23)15-24-28-29-26-32(24)30-22(16-34-26)18-9-5-2-6-10-18/h1-14H,15-16H2. The van der Waals surface area contributed by atoms with Crippen LogP contribution in [0.25, 0.3) is 22.0 Å². The average Bonchev–Trinajstić information content (AvgIpc) is 3.28. The van der Waals surface area contributed by atoms with Crippen LogP contribution in [0, 0.1) is 0 Å². The number of hydrogen-bond acceptors (Lipinski definition) is 5. The SMILES string of the molecule is O=c1cc(-c2ccccc2)c2cc(Br)ccc2n1Cc1nnc2n1N=C(c1ccccc1)CS2. The molecule has 2 aromatic heterocycles.